The zero-order valence-corrected chi connectivity index (χ0v) is 10.3. The zero-order valence-electron chi connectivity index (χ0n) is 5.77. The van der Waals surface area contributed by atoms with E-state index in [1.807, 2.05) is 34.0 Å². The summed E-state index contributed by atoms with van der Waals surface area (Å²) in [5, 5.41) is 3.06. The highest BCUT2D eigenvalue weighted by Crippen LogP contribution is 2.32. The fraction of sp³-hybridized carbons (Fsp3) is 0. The van der Waals surface area contributed by atoms with Crippen LogP contribution in [-0.4, -0.2) is 0 Å². The molecule has 1 aromatic carbocycles. The van der Waals surface area contributed by atoms with Crippen molar-refractivity contribution in [1.82, 2.24) is 0 Å². The van der Waals surface area contributed by atoms with Crippen LogP contribution in [0.2, 0.25) is 0 Å². The van der Waals surface area contributed by atoms with E-state index in [2.05, 4.69) is 15.9 Å². The SMILES string of the molecule is Fc1cc2scc(Br)c2cc1I. The molecule has 0 atom stereocenters. The van der Waals surface area contributed by atoms with Crippen molar-refractivity contribution < 1.29 is 4.39 Å². The molecule has 0 spiro atoms. The summed E-state index contributed by atoms with van der Waals surface area (Å²) in [6.45, 7) is 0. The van der Waals surface area contributed by atoms with Gasteiger partial charge in [0.1, 0.15) is 5.82 Å². The van der Waals surface area contributed by atoms with Crippen LogP contribution in [0.4, 0.5) is 4.39 Å². The lowest BCUT2D eigenvalue weighted by Crippen LogP contribution is -1.78. The Morgan fingerprint density at radius 3 is 2.92 bits per heavy atom. The predicted molar refractivity (Wildman–Crippen MR) is 62.2 cm³/mol. The Hall–Kier alpha value is 0.320. The molecule has 0 amide bonds. The molecule has 0 nitrogen and oxygen atoms in total. The number of hydrogen-bond donors (Lipinski definition) is 0. The van der Waals surface area contributed by atoms with Crippen LogP contribution in [0, 0.1) is 9.39 Å². The van der Waals surface area contributed by atoms with Gasteiger partial charge in [-0.3, -0.25) is 0 Å². The van der Waals surface area contributed by atoms with Crippen molar-refractivity contribution in [2.24, 2.45) is 0 Å². The molecule has 4 heteroatoms. The first-order valence-electron chi connectivity index (χ1n) is 3.20. The molecule has 0 bridgehead atoms. The lowest BCUT2D eigenvalue weighted by molar-refractivity contribution is 0.622. The highest BCUT2D eigenvalue weighted by molar-refractivity contribution is 14.1. The Morgan fingerprint density at radius 1 is 1.42 bits per heavy atom. The van der Waals surface area contributed by atoms with Gasteiger partial charge in [-0.1, -0.05) is 0 Å². The number of thiophene rings is 1. The van der Waals surface area contributed by atoms with E-state index >= 15 is 0 Å². The maximum Gasteiger partial charge on any atom is 0.137 e. The highest BCUT2D eigenvalue weighted by Gasteiger charge is 2.05. The predicted octanol–water partition coefficient (Wildman–Crippen LogP) is 4.41. The first-order chi connectivity index (χ1) is 5.68. The van der Waals surface area contributed by atoms with Crippen LogP contribution in [-0.2, 0) is 0 Å². The quantitative estimate of drug-likeness (QED) is 0.613. The molecule has 12 heavy (non-hydrogen) atoms. The Labute approximate surface area is 95.0 Å². The molecule has 1 aromatic heterocycles. The molecule has 2 rings (SSSR count). The van der Waals surface area contributed by atoms with Crippen molar-refractivity contribution in [2.75, 3.05) is 0 Å². The van der Waals surface area contributed by atoms with Gasteiger partial charge >= 0.3 is 0 Å². The topological polar surface area (TPSA) is 0 Å². The van der Waals surface area contributed by atoms with E-state index in [4.69, 9.17) is 0 Å². The van der Waals surface area contributed by atoms with Gasteiger partial charge in [-0.15, -0.1) is 11.3 Å². The van der Waals surface area contributed by atoms with Crippen LogP contribution < -0.4 is 0 Å². The number of halogens is 3. The van der Waals surface area contributed by atoms with Gasteiger partial charge in [-0.2, -0.15) is 0 Å². The van der Waals surface area contributed by atoms with Crippen LogP contribution in [0.15, 0.2) is 22.0 Å². The Kier molecular flexibility index (Phi) is 2.39. The van der Waals surface area contributed by atoms with Gasteiger partial charge in [-0.25, -0.2) is 4.39 Å². The van der Waals surface area contributed by atoms with Crippen LogP contribution >= 0.6 is 49.9 Å². The van der Waals surface area contributed by atoms with Gasteiger partial charge in [0.15, 0.2) is 0 Å². The van der Waals surface area contributed by atoms with Gasteiger partial charge in [-0.05, 0) is 50.7 Å². The second-order valence-electron chi connectivity index (χ2n) is 2.35. The molecule has 2 aromatic rings. The standard InChI is InChI=1S/C8H3BrFIS/c9-5-3-12-8-2-6(10)7(11)1-4(5)8/h1-3H. The summed E-state index contributed by atoms with van der Waals surface area (Å²) in [6, 6.07) is 3.43. The maximum absolute atomic E-state index is 13.0. The van der Waals surface area contributed by atoms with Crippen LogP contribution in [0.25, 0.3) is 10.1 Å². The minimum absolute atomic E-state index is 0.141. The van der Waals surface area contributed by atoms with Crippen molar-refractivity contribution in [3.05, 3.63) is 31.4 Å². The van der Waals surface area contributed by atoms with Crippen molar-refractivity contribution in [2.45, 2.75) is 0 Å². The fourth-order valence-electron chi connectivity index (χ4n) is 0.991. The van der Waals surface area contributed by atoms with Crippen molar-refractivity contribution in [1.29, 1.82) is 0 Å². The van der Waals surface area contributed by atoms with Crippen molar-refractivity contribution in [3.8, 4) is 0 Å². The highest BCUT2D eigenvalue weighted by atomic mass is 127. The third-order valence-electron chi connectivity index (χ3n) is 1.57. The van der Waals surface area contributed by atoms with Gasteiger partial charge in [0.05, 0.1) is 0 Å². The average molecular weight is 357 g/mol. The molecule has 0 aliphatic heterocycles. The van der Waals surface area contributed by atoms with E-state index in [-0.39, 0.29) is 5.82 Å². The van der Waals surface area contributed by atoms with Gasteiger partial charge < -0.3 is 0 Å². The second-order valence-corrected chi connectivity index (χ2v) is 5.27. The lowest BCUT2D eigenvalue weighted by atomic mass is 10.3. The molecule has 0 aliphatic carbocycles. The molecular weight excluding hydrogens is 354 g/mol. The summed E-state index contributed by atoms with van der Waals surface area (Å²) in [5.41, 5.74) is 0. The van der Waals surface area contributed by atoms with E-state index < -0.39 is 0 Å². The number of fused-ring (bicyclic) bond motifs is 1. The number of hydrogen-bond acceptors (Lipinski definition) is 1. The van der Waals surface area contributed by atoms with E-state index in [9.17, 15) is 4.39 Å². The lowest BCUT2D eigenvalue weighted by Gasteiger charge is -1.94. The summed E-state index contributed by atoms with van der Waals surface area (Å²) in [7, 11) is 0. The van der Waals surface area contributed by atoms with Gasteiger partial charge in [0.25, 0.3) is 0 Å². The normalized spacial score (nSPS) is 10.9. The monoisotopic (exact) mass is 356 g/mol. The first-order valence-corrected chi connectivity index (χ1v) is 5.95. The van der Waals surface area contributed by atoms with Crippen molar-refractivity contribution in [3.63, 3.8) is 0 Å². The largest absolute Gasteiger partial charge is 0.206 e. The first kappa shape index (κ1) is 8.90. The summed E-state index contributed by atoms with van der Waals surface area (Å²) < 4.78 is 15.7. The molecule has 0 radical (unpaired) electrons. The van der Waals surface area contributed by atoms with Crippen LogP contribution in [0.3, 0.4) is 0 Å². The molecule has 0 saturated heterocycles. The van der Waals surface area contributed by atoms with E-state index in [1.165, 1.54) is 0 Å². The van der Waals surface area contributed by atoms with Gasteiger partial charge in [0.2, 0.25) is 0 Å². The van der Waals surface area contributed by atoms with Gasteiger partial charge in [0, 0.05) is 23.5 Å². The molecule has 0 fully saturated rings. The van der Waals surface area contributed by atoms with Crippen LogP contribution in [0.1, 0.15) is 0 Å². The molecule has 1 heterocycles. The zero-order chi connectivity index (χ0) is 8.72. The molecule has 0 aliphatic rings. The van der Waals surface area contributed by atoms with Crippen molar-refractivity contribution >= 4 is 59.9 Å². The third kappa shape index (κ3) is 1.40. The fourth-order valence-corrected chi connectivity index (χ4v) is 3.02. The van der Waals surface area contributed by atoms with E-state index in [0.717, 1.165) is 14.6 Å². The Bertz CT molecular complexity index is 438. The Balaban J connectivity index is 2.87. The van der Waals surface area contributed by atoms with E-state index in [0.29, 0.717) is 3.57 Å². The van der Waals surface area contributed by atoms with E-state index in [1.54, 1.807) is 17.4 Å². The smallest absolute Gasteiger partial charge is 0.137 e. The maximum atomic E-state index is 13.0. The number of rotatable bonds is 0. The summed E-state index contributed by atoms with van der Waals surface area (Å²) in [6.07, 6.45) is 0. The molecule has 62 valence electrons. The summed E-state index contributed by atoms with van der Waals surface area (Å²) >= 11 is 6.95. The summed E-state index contributed by atoms with van der Waals surface area (Å²) in [4.78, 5) is 0. The third-order valence-corrected chi connectivity index (χ3v) is 4.30. The number of benzene rings is 1. The Morgan fingerprint density at radius 2 is 2.17 bits per heavy atom. The molecule has 0 N–H and O–H groups in total. The molecule has 0 unspecified atom stereocenters. The molecule has 0 saturated carbocycles. The minimum Gasteiger partial charge on any atom is -0.206 e. The average Bonchev–Trinajstić information content (AvgIpc) is 2.35. The minimum atomic E-state index is -0.141. The molecular formula is C8H3BrFIS. The van der Waals surface area contributed by atoms with Crippen LogP contribution in [0.5, 0.6) is 0 Å². The summed E-state index contributed by atoms with van der Waals surface area (Å²) in [5.74, 6) is -0.141. The second kappa shape index (κ2) is 3.23.